The molecule has 0 saturated carbocycles. The van der Waals surface area contributed by atoms with E-state index in [0.717, 1.165) is 25.5 Å². The zero-order valence-electron chi connectivity index (χ0n) is 12.6. The number of hydrogen-bond donors (Lipinski definition) is 1. The van der Waals surface area contributed by atoms with Gasteiger partial charge in [-0.1, -0.05) is 38.2 Å². The van der Waals surface area contributed by atoms with Crippen LogP contribution in [-0.2, 0) is 4.74 Å². The van der Waals surface area contributed by atoms with Crippen LogP contribution in [0.5, 0.6) is 0 Å². The summed E-state index contributed by atoms with van der Waals surface area (Å²) in [6, 6.07) is 0. The van der Waals surface area contributed by atoms with Crippen molar-refractivity contribution in [1.29, 1.82) is 0 Å². The van der Waals surface area contributed by atoms with Crippen molar-refractivity contribution in [3.63, 3.8) is 0 Å². The Kier molecular flexibility index (Phi) is 5.36. The van der Waals surface area contributed by atoms with E-state index in [-0.39, 0.29) is 0 Å². The molecular formula is C17H24N2O. The van der Waals surface area contributed by atoms with Gasteiger partial charge in [0.15, 0.2) is 0 Å². The molecule has 3 heteroatoms. The zero-order chi connectivity index (χ0) is 14.4. The van der Waals surface area contributed by atoms with E-state index in [0.29, 0.717) is 11.8 Å². The van der Waals surface area contributed by atoms with Gasteiger partial charge < -0.3 is 10.1 Å². The third-order valence-corrected chi connectivity index (χ3v) is 3.69. The van der Waals surface area contributed by atoms with Gasteiger partial charge in [0.05, 0.1) is 6.54 Å². The van der Waals surface area contributed by atoms with Crippen molar-refractivity contribution in [3.05, 3.63) is 47.4 Å². The molecule has 2 atom stereocenters. The summed E-state index contributed by atoms with van der Waals surface area (Å²) in [5, 5.41) is 3.36. The molecule has 0 amide bonds. The van der Waals surface area contributed by atoms with Crippen LogP contribution in [0.2, 0.25) is 0 Å². The van der Waals surface area contributed by atoms with Gasteiger partial charge in [-0.15, -0.1) is 0 Å². The first-order valence-corrected chi connectivity index (χ1v) is 7.33. The summed E-state index contributed by atoms with van der Waals surface area (Å²) in [6.07, 6.45) is 12.5. The zero-order valence-corrected chi connectivity index (χ0v) is 12.6. The number of hydrogen-bond acceptors (Lipinski definition) is 3. The van der Waals surface area contributed by atoms with E-state index in [4.69, 9.17) is 4.74 Å². The lowest BCUT2D eigenvalue weighted by Gasteiger charge is -2.25. The maximum Gasteiger partial charge on any atom is 0.114 e. The largest absolute Gasteiger partial charge is 0.495 e. The summed E-state index contributed by atoms with van der Waals surface area (Å²) < 4.78 is 5.77. The average Bonchev–Trinajstić information content (AvgIpc) is 2.48. The van der Waals surface area contributed by atoms with Gasteiger partial charge in [-0.3, -0.25) is 4.99 Å². The fraction of sp³-hybridized carbons (Fsp3) is 0.471. The molecule has 0 aromatic rings. The van der Waals surface area contributed by atoms with Gasteiger partial charge in [-0.2, -0.15) is 0 Å². The quantitative estimate of drug-likeness (QED) is 0.800. The fourth-order valence-electron chi connectivity index (χ4n) is 2.48. The lowest BCUT2D eigenvalue weighted by Crippen LogP contribution is -2.30. The third kappa shape index (κ3) is 3.70. The molecule has 20 heavy (non-hydrogen) atoms. The lowest BCUT2D eigenvalue weighted by molar-refractivity contribution is 0.173. The molecule has 0 radical (unpaired) electrons. The molecule has 1 aliphatic heterocycles. The summed E-state index contributed by atoms with van der Waals surface area (Å²) in [6.45, 7) is 8.90. The Morgan fingerprint density at radius 1 is 1.45 bits per heavy atom. The molecule has 2 aliphatic rings. The van der Waals surface area contributed by atoms with Crippen molar-refractivity contribution < 1.29 is 4.74 Å². The first-order valence-electron chi connectivity index (χ1n) is 7.33. The maximum absolute atomic E-state index is 5.77. The van der Waals surface area contributed by atoms with E-state index < -0.39 is 0 Å². The predicted molar refractivity (Wildman–Crippen MR) is 84.7 cm³/mol. The van der Waals surface area contributed by atoms with E-state index in [2.05, 4.69) is 48.5 Å². The predicted octanol–water partition coefficient (Wildman–Crippen LogP) is 3.23. The molecule has 1 N–H and O–H groups in total. The molecule has 2 unspecified atom stereocenters. The summed E-state index contributed by atoms with van der Waals surface area (Å²) in [7, 11) is 0. The van der Waals surface area contributed by atoms with E-state index in [1.807, 2.05) is 13.1 Å². The SMILES string of the molecule is CC=N/C=C\C(C)C1=CC(C)C(=C2CNCCO2)C=C1. The molecule has 2 rings (SSSR count). The minimum Gasteiger partial charge on any atom is -0.495 e. The molecule has 0 aromatic heterocycles. The van der Waals surface area contributed by atoms with Crippen LogP contribution in [0.15, 0.2) is 52.4 Å². The van der Waals surface area contributed by atoms with Crippen molar-refractivity contribution >= 4 is 6.21 Å². The molecule has 0 spiro atoms. The highest BCUT2D eigenvalue weighted by Crippen LogP contribution is 2.29. The van der Waals surface area contributed by atoms with Crippen molar-refractivity contribution in [3.8, 4) is 0 Å². The van der Waals surface area contributed by atoms with Crippen molar-refractivity contribution in [2.75, 3.05) is 19.7 Å². The second kappa shape index (κ2) is 7.25. The molecule has 1 aliphatic carbocycles. The lowest BCUT2D eigenvalue weighted by atomic mass is 9.86. The molecule has 3 nitrogen and oxygen atoms in total. The minimum absolute atomic E-state index is 0.384. The molecule has 0 bridgehead atoms. The highest BCUT2D eigenvalue weighted by atomic mass is 16.5. The van der Waals surface area contributed by atoms with Crippen molar-refractivity contribution in [2.45, 2.75) is 20.8 Å². The minimum atomic E-state index is 0.384. The summed E-state index contributed by atoms with van der Waals surface area (Å²) in [4.78, 5) is 4.12. The number of nitrogens with one attached hydrogen (secondary N) is 1. The van der Waals surface area contributed by atoms with Gasteiger partial charge in [-0.05, 0) is 18.1 Å². The summed E-state index contributed by atoms with van der Waals surface area (Å²) in [5.74, 6) is 1.87. The Bertz CT molecular complexity index is 475. The first kappa shape index (κ1) is 14.8. The second-order valence-corrected chi connectivity index (χ2v) is 5.23. The number of rotatable bonds is 3. The van der Waals surface area contributed by atoms with Crippen molar-refractivity contribution in [2.24, 2.45) is 16.8 Å². The molecule has 1 saturated heterocycles. The summed E-state index contributed by atoms with van der Waals surface area (Å²) >= 11 is 0. The van der Waals surface area contributed by atoms with Crippen LogP contribution in [-0.4, -0.2) is 25.9 Å². The molecule has 108 valence electrons. The Balaban J connectivity index is 2.09. The Labute approximate surface area is 121 Å². The molecule has 1 heterocycles. The number of nitrogens with zero attached hydrogens (tertiary/aromatic N) is 1. The molecule has 0 aromatic carbocycles. The fourth-order valence-corrected chi connectivity index (χ4v) is 2.48. The van der Waals surface area contributed by atoms with Crippen LogP contribution in [0.3, 0.4) is 0 Å². The number of allylic oxidation sites excluding steroid dienone is 6. The van der Waals surface area contributed by atoms with E-state index in [9.17, 15) is 0 Å². The van der Waals surface area contributed by atoms with Gasteiger partial charge in [0, 0.05) is 30.8 Å². The number of morpholine rings is 1. The summed E-state index contributed by atoms with van der Waals surface area (Å²) in [5.41, 5.74) is 2.64. The topological polar surface area (TPSA) is 33.6 Å². The Morgan fingerprint density at radius 2 is 2.30 bits per heavy atom. The highest BCUT2D eigenvalue weighted by molar-refractivity contribution is 5.54. The Morgan fingerprint density at radius 3 is 2.95 bits per heavy atom. The van der Waals surface area contributed by atoms with Crippen molar-refractivity contribution in [1.82, 2.24) is 5.32 Å². The van der Waals surface area contributed by atoms with Gasteiger partial charge >= 0.3 is 0 Å². The first-order chi connectivity index (χ1) is 9.72. The van der Waals surface area contributed by atoms with Gasteiger partial charge in [0.25, 0.3) is 0 Å². The maximum atomic E-state index is 5.77. The highest BCUT2D eigenvalue weighted by Gasteiger charge is 2.18. The van der Waals surface area contributed by atoms with Crippen LogP contribution in [0.25, 0.3) is 0 Å². The smallest absolute Gasteiger partial charge is 0.114 e. The molecular weight excluding hydrogens is 248 g/mol. The molecule has 1 fully saturated rings. The standard InChI is InChI=1S/C17H24N2O/c1-4-18-8-7-13(2)15-5-6-16(14(3)11-15)17-12-19-9-10-20-17/h4-8,11,13-14,19H,9-10,12H2,1-3H3/b8-7-,17-16?,18-4?. The van der Waals surface area contributed by atoms with Gasteiger partial charge in [0.1, 0.15) is 12.4 Å². The van der Waals surface area contributed by atoms with Crippen LogP contribution in [0.4, 0.5) is 0 Å². The monoisotopic (exact) mass is 272 g/mol. The normalized spacial score (nSPS) is 28.8. The Hall–Kier alpha value is -1.61. The van der Waals surface area contributed by atoms with E-state index >= 15 is 0 Å². The van der Waals surface area contributed by atoms with Crippen LogP contribution >= 0.6 is 0 Å². The number of ether oxygens (including phenoxy) is 1. The van der Waals surface area contributed by atoms with Crippen LogP contribution < -0.4 is 5.32 Å². The second-order valence-electron chi connectivity index (χ2n) is 5.23. The van der Waals surface area contributed by atoms with Crippen LogP contribution in [0, 0.1) is 11.8 Å². The van der Waals surface area contributed by atoms with Crippen LogP contribution in [0.1, 0.15) is 20.8 Å². The average molecular weight is 272 g/mol. The van der Waals surface area contributed by atoms with Gasteiger partial charge in [-0.25, -0.2) is 0 Å². The number of aliphatic imine (C=N–C) groups is 1. The third-order valence-electron chi connectivity index (χ3n) is 3.69. The van der Waals surface area contributed by atoms with E-state index in [1.54, 1.807) is 6.21 Å². The van der Waals surface area contributed by atoms with Gasteiger partial charge in [0.2, 0.25) is 0 Å². The van der Waals surface area contributed by atoms with E-state index in [1.165, 1.54) is 11.1 Å².